The van der Waals surface area contributed by atoms with Gasteiger partial charge in [-0.3, -0.25) is 4.79 Å². The third-order valence-corrected chi connectivity index (χ3v) is 9.50. The number of rotatable bonds is 2. The molecule has 7 atom stereocenters. The highest BCUT2D eigenvalue weighted by atomic mass is 35.5. The molecule has 0 aromatic carbocycles. The number of nitrogens with one attached hydrogen (secondary N) is 1. The Morgan fingerprint density at radius 3 is 2.67 bits per heavy atom. The van der Waals surface area contributed by atoms with Crippen LogP contribution in [0.5, 0.6) is 0 Å². The standard InChI is InChI=1S/C23H35N3O3.ClH/c1-22-8-5-14(26-29-15-7-10-24-13-15)11-19(22)20(25-28)12-16-17-3-4-21(27)23(17,2)9-6-18(16)22;/h15-19,24,28H,3-13H2,1-2H3;1H/b25-20+,26-14?;/t15-,16+,17+,18+,19?,22-,23+;/m1./s1. The Bertz CT molecular complexity index is 750. The van der Waals surface area contributed by atoms with Crippen molar-refractivity contribution in [3.63, 3.8) is 0 Å². The van der Waals surface area contributed by atoms with Crippen molar-refractivity contribution in [3.8, 4) is 0 Å². The summed E-state index contributed by atoms with van der Waals surface area (Å²) in [5.41, 5.74) is 2.05. The Morgan fingerprint density at radius 1 is 1.10 bits per heavy atom. The fraction of sp³-hybridized carbons (Fsp3) is 0.870. The van der Waals surface area contributed by atoms with Gasteiger partial charge in [0.05, 0.1) is 11.4 Å². The molecule has 1 aliphatic heterocycles. The van der Waals surface area contributed by atoms with Gasteiger partial charge in [0.1, 0.15) is 11.9 Å². The van der Waals surface area contributed by atoms with Gasteiger partial charge < -0.3 is 15.4 Å². The van der Waals surface area contributed by atoms with Crippen LogP contribution in [0, 0.1) is 34.5 Å². The minimum atomic E-state index is -0.143. The summed E-state index contributed by atoms with van der Waals surface area (Å²) in [6.07, 6.45) is 8.85. The molecule has 5 fully saturated rings. The number of halogens is 1. The summed E-state index contributed by atoms with van der Waals surface area (Å²) in [5, 5.41) is 21.6. The van der Waals surface area contributed by atoms with E-state index in [4.69, 9.17) is 4.84 Å². The van der Waals surface area contributed by atoms with Crippen LogP contribution in [0.3, 0.4) is 0 Å². The first kappa shape index (κ1) is 22.1. The molecule has 4 saturated carbocycles. The lowest BCUT2D eigenvalue weighted by Crippen LogP contribution is -2.56. The van der Waals surface area contributed by atoms with Gasteiger partial charge in [0.15, 0.2) is 0 Å². The average molecular weight is 438 g/mol. The smallest absolute Gasteiger partial charge is 0.141 e. The summed E-state index contributed by atoms with van der Waals surface area (Å²) in [6, 6.07) is 0. The minimum Gasteiger partial charge on any atom is -0.411 e. The van der Waals surface area contributed by atoms with E-state index in [-0.39, 0.29) is 35.3 Å². The number of nitrogens with zero attached hydrogens (tertiary/aromatic N) is 2. The molecule has 0 spiro atoms. The fourth-order valence-electron chi connectivity index (χ4n) is 7.71. The highest BCUT2D eigenvalue weighted by Crippen LogP contribution is 2.64. The van der Waals surface area contributed by atoms with Crippen LogP contribution in [0.15, 0.2) is 10.3 Å². The van der Waals surface area contributed by atoms with Crippen LogP contribution >= 0.6 is 12.4 Å². The SMILES string of the molecule is C[C@]12CCC(=NO[C@@H]3CCNC3)CC1/C(=N/O)C[C@@H]1[C@@H]2CC[C@]2(C)C(=O)CC[C@@H]12.Cl. The lowest BCUT2D eigenvalue weighted by Gasteiger charge is -2.59. The van der Waals surface area contributed by atoms with Crippen molar-refractivity contribution in [2.45, 2.75) is 77.7 Å². The first-order valence-corrected chi connectivity index (χ1v) is 11.6. The number of Topliss-reactive ketones (excluding diaryl/α,β-unsaturated/α-hetero) is 1. The summed E-state index contributed by atoms with van der Waals surface area (Å²) < 4.78 is 0. The van der Waals surface area contributed by atoms with E-state index in [0.717, 1.165) is 82.3 Å². The van der Waals surface area contributed by atoms with E-state index in [2.05, 4.69) is 29.5 Å². The van der Waals surface area contributed by atoms with Crippen molar-refractivity contribution < 1.29 is 14.8 Å². The number of carbonyl (C=O) groups excluding carboxylic acids is 1. The van der Waals surface area contributed by atoms with E-state index in [1.165, 1.54) is 0 Å². The molecule has 7 heteroatoms. The van der Waals surface area contributed by atoms with Crippen LogP contribution in [0.2, 0.25) is 0 Å². The Balaban J connectivity index is 0.00000218. The maximum absolute atomic E-state index is 12.6. The van der Waals surface area contributed by atoms with Crippen molar-refractivity contribution in [1.29, 1.82) is 0 Å². The lowest BCUT2D eigenvalue weighted by atomic mass is 9.45. The zero-order chi connectivity index (χ0) is 20.2. The van der Waals surface area contributed by atoms with Crippen LogP contribution in [0.4, 0.5) is 0 Å². The molecule has 1 heterocycles. The Labute approximate surface area is 185 Å². The topological polar surface area (TPSA) is 83.3 Å². The summed E-state index contributed by atoms with van der Waals surface area (Å²) in [4.78, 5) is 18.4. The number of ketones is 1. The van der Waals surface area contributed by atoms with Gasteiger partial charge >= 0.3 is 0 Å². The van der Waals surface area contributed by atoms with Crippen molar-refractivity contribution in [2.75, 3.05) is 13.1 Å². The maximum atomic E-state index is 12.6. The maximum Gasteiger partial charge on any atom is 0.141 e. The number of hydrogen-bond acceptors (Lipinski definition) is 6. The monoisotopic (exact) mass is 437 g/mol. The summed E-state index contributed by atoms with van der Waals surface area (Å²) >= 11 is 0. The van der Waals surface area contributed by atoms with Crippen LogP contribution in [-0.4, -0.2) is 41.6 Å². The Morgan fingerprint density at radius 2 is 1.93 bits per heavy atom. The van der Waals surface area contributed by atoms with Gasteiger partial charge in [-0.2, -0.15) is 0 Å². The summed E-state index contributed by atoms with van der Waals surface area (Å²) in [7, 11) is 0. The molecule has 1 saturated heterocycles. The van der Waals surface area contributed by atoms with Gasteiger partial charge in [0.2, 0.25) is 0 Å². The molecule has 30 heavy (non-hydrogen) atoms. The highest BCUT2D eigenvalue weighted by molar-refractivity contribution is 5.96. The summed E-state index contributed by atoms with van der Waals surface area (Å²) in [6.45, 7) is 6.50. The Hall–Kier alpha value is -1.14. The second-order valence-electron chi connectivity index (χ2n) is 10.7. The van der Waals surface area contributed by atoms with Gasteiger partial charge in [0.25, 0.3) is 0 Å². The second kappa shape index (κ2) is 8.09. The predicted octanol–water partition coefficient (Wildman–Crippen LogP) is 4.19. The molecule has 6 nitrogen and oxygen atoms in total. The van der Waals surface area contributed by atoms with E-state index >= 15 is 0 Å². The van der Waals surface area contributed by atoms with Gasteiger partial charge in [-0.1, -0.05) is 24.2 Å². The number of carbonyl (C=O) groups is 1. The van der Waals surface area contributed by atoms with Crippen LogP contribution in [-0.2, 0) is 9.63 Å². The van der Waals surface area contributed by atoms with Crippen LogP contribution in [0.25, 0.3) is 0 Å². The van der Waals surface area contributed by atoms with Crippen molar-refractivity contribution in [2.24, 2.45) is 44.8 Å². The molecule has 1 unspecified atom stereocenters. The first-order chi connectivity index (χ1) is 14.0. The third-order valence-electron chi connectivity index (χ3n) is 9.50. The molecular weight excluding hydrogens is 402 g/mol. The first-order valence-electron chi connectivity index (χ1n) is 11.6. The van der Waals surface area contributed by atoms with Gasteiger partial charge in [-0.25, -0.2) is 0 Å². The molecule has 2 N–H and O–H groups in total. The van der Waals surface area contributed by atoms with Crippen molar-refractivity contribution in [1.82, 2.24) is 5.32 Å². The van der Waals surface area contributed by atoms with Gasteiger partial charge in [0, 0.05) is 30.7 Å². The molecule has 4 aliphatic carbocycles. The van der Waals surface area contributed by atoms with E-state index in [1.807, 2.05) is 0 Å². The summed E-state index contributed by atoms with van der Waals surface area (Å²) in [5.74, 6) is 2.26. The molecule has 0 bridgehead atoms. The molecule has 168 valence electrons. The second-order valence-corrected chi connectivity index (χ2v) is 10.7. The number of hydrogen-bond donors (Lipinski definition) is 2. The van der Waals surface area contributed by atoms with Gasteiger partial charge in [-0.15, -0.1) is 12.4 Å². The quantitative estimate of drug-likeness (QED) is 0.501. The van der Waals surface area contributed by atoms with Crippen LogP contribution < -0.4 is 5.32 Å². The fourth-order valence-corrected chi connectivity index (χ4v) is 7.71. The van der Waals surface area contributed by atoms with Gasteiger partial charge in [-0.05, 0) is 74.7 Å². The number of fused-ring (bicyclic) bond motifs is 5. The zero-order valence-corrected chi connectivity index (χ0v) is 19.0. The van der Waals surface area contributed by atoms with Crippen molar-refractivity contribution in [3.05, 3.63) is 0 Å². The van der Waals surface area contributed by atoms with E-state index < -0.39 is 0 Å². The third kappa shape index (κ3) is 3.29. The normalized spacial score (nSPS) is 48.1. The predicted molar refractivity (Wildman–Crippen MR) is 118 cm³/mol. The molecular formula is C23H36ClN3O3. The van der Waals surface area contributed by atoms with E-state index in [9.17, 15) is 10.0 Å². The molecule has 5 rings (SSSR count). The van der Waals surface area contributed by atoms with E-state index in [0.29, 0.717) is 23.5 Å². The lowest BCUT2D eigenvalue weighted by molar-refractivity contribution is -0.133. The largest absolute Gasteiger partial charge is 0.411 e. The van der Waals surface area contributed by atoms with Crippen LogP contribution in [0.1, 0.15) is 71.6 Å². The molecule has 0 amide bonds. The van der Waals surface area contributed by atoms with Crippen molar-refractivity contribution >= 4 is 29.6 Å². The average Bonchev–Trinajstić information content (AvgIpc) is 3.34. The zero-order valence-electron chi connectivity index (χ0n) is 18.2. The number of oxime groups is 2. The molecule has 0 aromatic rings. The Kier molecular flexibility index (Phi) is 5.95. The minimum absolute atomic E-state index is 0. The molecule has 0 aromatic heterocycles. The molecule has 0 radical (unpaired) electrons. The molecule has 5 aliphatic rings. The highest BCUT2D eigenvalue weighted by Gasteiger charge is 2.61. The van der Waals surface area contributed by atoms with E-state index in [1.54, 1.807) is 0 Å².